The van der Waals surface area contributed by atoms with Crippen LogP contribution in [0.3, 0.4) is 0 Å². The van der Waals surface area contributed by atoms with Crippen LogP contribution in [0.5, 0.6) is 0 Å². The van der Waals surface area contributed by atoms with Gasteiger partial charge in [-0.3, -0.25) is 4.79 Å². The van der Waals surface area contributed by atoms with E-state index in [1.807, 2.05) is 13.8 Å². The van der Waals surface area contributed by atoms with Gasteiger partial charge in [-0.2, -0.15) is 0 Å². The van der Waals surface area contributed by atoms with Crippen molar-refractivity contribution in [3.05, 3.63) is 16.0 Å². The Morgan fingerprint density at radius 3 is 2.52 bits per heavy atom. The molecule has 4 nitrogen and oxygen atoms in total. The summed E-state index contributed by atoms with van der Waals surface area (Å²) in [5.74, 6) is -0.199. The molecule has 5 heteroatoms. The van der Waals surface area contributed by atoms with Crippen molar-refractivity contribution in [3.8, 4) is 0 Å². The predicted molar refractivity (Wildman–Crippen MR) is 85.0 cm³/mol. The second-order valence-corrected chi connectivity index (χ2v) is 6.61. The molecule has 2 rings (SSSR count). The zero-order chi connectivity index (χ0) is 15.4. The SMILES string of the molecule is CCOC(=O)c1c(NC(=O)C2CCCC2)sc(C)c1CC. The fraction of sp³-hybridized carbons (Fsp3) is 0.625. The zero-order valence-corrected chi connectivity index (χ0v) is 13.8. The quantitative estimate of drug-likeness (QED) is 0.839. The monoisotopic (exact) mass is 309 g/mol. The zero-order valence-electron chi connectivity index (χ0n) is 13.0. The smallest absolute Gasteiger partial charge is 0.341 e. The number of aryl methyl sites for hydroxylation is 1. The summed E-state index contributed by atoms with van der Waals surface area (Å²) in [4.78, 5) is 25.6. The molecule has 1 amide bonds. The number of amides is 1. The maximum atomic E-state index is 12.3. The van der Waals surface area contributed by atoms with Gasteiger partial charge in [-0.05, 0) is 38.7 Å². The Morgan fingerprint density at radius 1 is 1.29 bits per heavy atom. The number of hydrogen-bond donors (Lipinski definition) is 1. The van der Waals surface area contributed by atoms with Crippen molar-refractivity contribution in [2.24, 2.45) is 5.92 Å². The molecule has 1 aliphatic carbocycles. The second-order valence-electron chi connectivity index (χ2n) is 5.39. The Kier molecular flexibility index (Phi) is 5.39. The van der Waals surface area contributed by atoms with Gasteiger partial charge in [-0.15, -0.1) is 11.3 Å². The lowest BCUT2D eigenvalue weighted by molar-refractivity contribution is -0.119. The van der Waals surface area contributed by atoms with Crippen molar-refractivity contribution in [2.45, 2.75) is 52.9 Å². The van der Waals surface area contributed by atoms with Gasteiger partial charge in [0.25, 0.3) is 0 Å². The van der Waals surface area contributed by atoms with E-state index in [0.717, 1.165) is 42.5 Å². The summed E-state index contributed by atoms with van der Waals surface area (Å²) in [5.41, 5.74) is 1.54. The Bertz CT molecular complexity index is 530. The number of hydrogen-bond acceptors (Lipinski definition) is 4. The first-order chi connectivity index (χ1) is 10.1. The molecule has 21 heavy (non-hydrogen) atoms. The second kappa shape index (κ2) is 7.07. The van der Waals surface area contributed by atoms with Crippen molar-refractivity contribution >= 4 is 28.2 Å². The van der Waals surface area contributed by atoms with E-state index in [-0.39, 0.29) is 17.8 Å². The van der Waals surface area contributed by atoms with Crippen molar-refractivity contribution in [3.63, 3.8) is 0 Å². The Labute approximate surface area is 129 Å². The number of esters is 1. The number of carbonyl (C=O) groups excluding carboxylic acids is 2. The Balaban J connectivity index is 2.25. The van der Waals surface area contributed by atoms with E-state index in [1.165, 1.54) is 11.3 Å². The van der Waals surface area contributed by atoms with E-state index >= 15 is 0 Å². The number of anilines is 1. The average Bonchev–Trinajstić information content (AvgIpc) is 3.06. The fourth-order valence-corrected chi connectivity index (χ4v) is 4.05. The molecule has 0 aromatic carbocycles. The van der Waals surface area contributed by atoms with E-state index in [0.29, 0.717) is 17.2 Å². The molecular formula is C16H23NO3S. The van der Waals surface area contributed by atoms with Crippen molar-refractivity contribution < 1.29 is 14.3 Å². The minimum Gasteiger partial charge on any atom is -0.462 e. The number of carbonyl (C=O) groups is 2. The van der Waals surface area contributed by atoms with Gasteiger partial charge in [-0.1, -0.05) is 19.8 Å². The van der Waals surface area contributed by atoms with Crippen molar-refractivity contribution in [1.82, 2.24) is 0 Å². The van der Waals surface area contributed by atoms with Gasteiger partial charge in [0, 0.05) is 10.8 Å². The normalized spacial score (nSPS) is 15.2. The van der Waals surface area contributed by atoms with E-state index in [2.05, 4.69) is 5.32 Å². The van der Waals surface area contributed by atoms with Gasteiger partial charge in [0.05, 0.1) is 12.2 Å². The summed E-state index contributed by atoms with van der Waals surface area (Å²) in [7, 11) is 0. The van der Waals surface area contributed by atoms with Gasteiger partial charge in [0.15, 0.2) is 0 Å². The van der Waals surface area contributed by atoms with Crippen LogP contribution in [0.4, 0.5) is 5.00 Å². The first-order valence-electron chi connectivity index (χ1n) is 7.68. The first kappa shape index (κ1) is 16.0. The predicted octanol–water partition coefficient (Wildman–Crippen LogP) is 3.92. The van der Waals surface area contributed by atoms with Gasteiger partial charge in [0.1, 0.15) is 5.00 Å². The number of thiophene rings is 1. The van der Waals surface area contributed by atoms with Crippen LogP contribution in [-0.2, 0) is 16.0 Å². The highest BCUT2D eigenvalue weighted by molar-refractivity contribution is 7.16. The van der Waals surface area contributed by atoms with Gasteiger partial charge >= 0.3 is 5.97 Å². The molecule has 1 aliphatic rings. The van der Waals surface area contributed by atoms with Crippen molar-refractivity contribution in [1.29, 1.82) is 0 Å². The number of rotatable bonds is 5. The summed E-state index contributed by atoms with van der Waals surface area (Å²) < 4.78 is 5.15. The molecule has 0 unspecified atom stereocenters. The maximum absolute atomic E-state index is 12.3. The van der Waals surface area contributed by atoms with Crippen LogP contribution in [0.2, 0.25) is 0 Å². The lowest BCUT2D eigenvalue weighted by Crippen LogP contribution is -2.21. The summed E-state index contributed by atoms with van der Waals surface area (Å²) >= 11 is 1.47. The van der Waals surface area contributed by atoms with E-state index in [4.69, 9.17) is 4.74 Å². The molecule has 0 saturated heterocycles. The third-order valence-corrected chi connectivity index (χ3v) is 5.07. The molecule has 0 aliphatic heterocycles. The highest BCUT2D eigenvalue weighted by Crippen LogP contribution is 2.35. The minimum absolute atomic E-state index is 0.0435. The highest BCUT2D eigenvalue weighted by atomic mass is 32.1. The van der Waals surface area contributed by atoms with Crippen molar-refractivity contribution in [2.75, 3.05) is 11.9 Å². The molecule has 0 bridgehead atoms. The van der Waals surface area contributed by atoms with Crippen LogP contribution in [-0.4, -0.2) is 18.5 Å². The third kappa shape index (κ3) is 3.46. The Morgan fingerprint density at radius 2 is 1.95 bits per heavy atom. The molecule has 0 spiro atoms. The van der Waals surface area contributed by atoms with Crippen LogP contribution in [0, 0.1) is 12.8 Å². The highest BCUT2D eigenvalue weighted by Gasteiger charge is 2.27. The van der Waals surface area contributed by atoms with Crippen LogP contribution in [0.25, 0.3) is 0 Å². The van der Waals surface area contributed by atoms with E-state index in [9.17, 15) is 9.59 Å². The summed E-state index contributed by atoms with van der Waals surface area (Å²) in [6.45, 7) is 6.13. The molecule has 1 fully saturated rings. The molecule has 1 saturated carbocycles. The topological polar surface area (TPSA) is 55.4 Å². The fourth-order valence-electron chi connectivity index (χ4n) is 2.91. The van der Waals surface area contributed by atoms with E-state index < -0.39 is 0 Å². The van der Waals surface area contributed by atoms with Crippen LogP contribution in [0.15, 0.2) is 0 Å². The third-order valence-electron chi connectivity index (χ3n) is 4.00. The summed E-state index contributed by atoms with van der Waals surface area (Å²) in [6.07, 6.45) is 4.89. The minimum atomic E-state index is -0.333. The molecule has 1 heterocycles. The van der Waals surface area contributed by atoms with Crippen LogP contribution < -0.4 is 5.32 Å². The molecule has 1 aromatic heterocycles. The Hall–Kier alpha value is -1.36. The maximum Gasteiger partial charge on any atom is 0.341 e. The molecule has 116 valence electrons. The largest absolute Gasteiger partial charge is 0.462 e. The van der Waals surface area contributed by atoms with Gasteiger partial charge in [-0.25, -0.2) is 4.79 Å². The molecule has 1 aromatic rings. The summed E-state index contributed by atoms with van der Waals surface area (Å²) in [5, 5.41) is 3.62. The van der Waals surface area contributed by atoms with Crippen LogP contribution >= 0.6 is 11.3 Å². The first-order valence-corrected chi connectivity index (χ1v) is 8.50. The standard InChI is InChI=1S/C16H23NO3S/c1-4-12-10(3)21-15(13(12)16(19)20-5-2)17-14(18)11-8-6-7-9-11/h11H,4-9H2,1-3H3,(H,17,18). The van der Waals surface area contributed by atoms with E-state index in [1.54, 1.807) is 6.92 Å². The van der Waals surface area contributed by atoms with Crippen LogP contribution in [0.1, 0.15) is 60.3 Å². The molecular weight excluding hydrogens is 286 g/mol. The molecule has 0 radical (unpaired) electrons. The molecule has 0 atom stereocenters. The molecule has 1 N–H and O–H groups in total. The van der Waals surface area contributed by atoms with Gasteiger partial charge in [0.2, 0.25) is 5.91 Å². The summed E-state index contributed by atoms with van der Waals surface area (Å²) in [6, 6.07) is 0. The lowest BCUT2D eigenvalue weighted by atomic mass is 10.1. The number of nitrogens with one attached hydrogen (secondary N) is 1. The number of ether oxygens (including phenoxy) is 1. The lowest BCUT2D eigenvalue weighted by Gasteiger charge is -2.11. The average molecular weight is 309 g/mol. The van der Waals surface area contributed by atoms with Gasteiger partial charge < -0.3 is 10.1 Å².